The smallest absolute Gasteiger partial charge is 0.326 e. The molecule has 25 heavy (non-hydrogen) atoms. The molecule has 0 saturated carbocycles. The largest absolute Gasteiger partial charge is 0.480 e. The number of nitrogens with zero attached hydrogens (tertiary/aromatic N) is 1. The second kappa shape index (κ2) is 9.14. The van der Waals surface area contributed by atoms with Crippen LogP contribution in [0.1, 0.15) is 26.5 Å². The second-order valence-corrected chi connectivity index (χ2v) is 6.18. The molecule has 0 aliphatic rings. The Hall–Kier alpha value is -2.46. The van der Waals surface area contributed by atoms with Crippen LogP contribution in [0.3, 0.4) is 0 Å². The number of carboxylic acid groups (broad SMARTS) is 1. The third-order valence-corrected chi connectivity index (χ3v) is 3.66. The molecule has 1 aromatic heterocycles. The lowest BCUT2D eigenvalue weighted by Crippen LogP contribution is -2.57. The summed E-state index contributed by atoms with van der Waals surface area (Å²) in [6.07, 6.45) is 1.87. The molecule has 10 nitrogen and oxygen atoms in total. The van der Waals surface area contributed by atoms with Gasteiger partial charge in [0.1, 0.15) is 18.1 Å². The summed E-state index contributed by atoms with van der Waals surface area (Å²) in [5.41, 5.74) is 6.14. The maximum absolute atomic E-state index is 12.5. The molecular weight excluding hydrogens is 330 g/mol. The topological polar surface area (TPSA) is 170 Å². The van der Waals surface area contributed by atoms with Crippen molar-refractivity contribution in [3.63, 3.8) is 0 Å². The van der Waals surface area contributed by atoms with Gasteiger partial charge in [0.25, 0.3) is 0 Å². The average molecular weight is 355 g/mol. The van der Waals surface area contributed by atoms with Gasteiger partial charge < -0.3 is 31.6 Å². The summed E-state index contributed by atoms with van der Waals surface area (Å²) in [6.45, 7) is 4.67. The number of rotatable bonds is 9. The Morgan fingerprint density at radius 2 is 1.88 bits per heavy atom. The molecule has 0 bridgehead atoms. The molecule has 1 heterocycles. The molecule has 1 rings (SSSR count). The number of imidazole rings is 1. The normalized spacial score (nSPS) is 15.9. The van der Waals surface area contributed by atoms with E-state index in [1.807, 2.05) is 0 Å². The molecular formula is C15H25N5O5. The lowest BCUT2D eigenvalue weighted by Gasteiger charge is -2.24. The van der Waals surface area contributed by atoms with Crippen molar-refractivity contribution in [3.8, 4) is 0 Å². The van der Waals surface area contributed by atoms with E-state index in [9.17, 15) is 24.6 Å². The summed E-state index contributed by atoms with van der Waals surface area (Å²) in [6, 6.07) is -3.38. The SMILES string of the molecule is CC(C)[C@H](NC(=O)[C@H](Cc1cnc[nH]1)NC(=O)[C@@H](N)[C@@H](C)O)C(=O)O. The van der Waals surface area contributed by atoms with Gasteiger partial charge in [-0.2, -0.15) is 0 Å². The minimum absolute atomic E-state index is 0.0640. The highest BCUT2D eigenvalue weighted by atomic mass is 16.4. The number of carbonyl (C=O) groups is 3. The molecule has 0 aliphatic heterocycles. The highest BCUT2D eigenvalue weighted by Gasteiger charge is 2.30. The molecule has 0 fully saturated rings. The number of nitrogens with one attached hydrogen (secondary N) is 3. The van der Waals surface area contributed by atoms with E-state index >= 15 is 0 Å². The van der Waals surface area contributed by atoms with Gasteiger partial charge >= 0.3 is 5.97 Å². The Balaban J connectivity index is 2.91. The average Bonchev–Trinajstić information content (AvgIpc) is 3.02. The number of carboxylic acids is 1. The molecule has 0 unspecified atom stereocenters. The van der Waals surface area contributed by atoms with E-state index in [1.165, 1.54) is 19.4 Å². The standard InChI is InChI=1S/C15H25N5O5/c1-7(2)12(15(24)25)20-13(22)10(4-9-5-17-6-18-9)19-14(23)11(16)8(3)21/h5-8,10-12,21H,4,16H2,1-3H3,(H,17,18)(H,19,23)(H,20,22)(H,24,25)/t8-,10+,11+,12+/m1/s1. The van der Waals surface area contributed by atoms with Crippen LogP contribution in [0, 0.1) is 5.92 Å². The van der Waals surface area contributed by atoms with Crippen LogP contribution in [-0.2, 0) is 20.8 Å². The number of aliphatic hydroxyl groups is 1. The first-order valence-electron chi connectivity index (χ1n) is 7.88. The van der Waals surface area contributed by atoms with E-state index in [0.717, 1.165) is 0 Å². The minimum Gasteiger partial charge on any atom is -0.480 e. The summed E-state index contributed by atoms with van der Waals surface area (Å²) in [7, 11) is 0. The van der Waals surface area contributed by atoms with Crippen molar-refractivity contribution >= 4 is 17.8 Å². The van der Waals surface area contributed by atoms with Crippen LogP contribution in [0.25, 0.3) is 0 Å². The van der Waals surface area contributed by atoms with E-state index in [4.69, 9.17) is 5.73 Å². The van der Waals surface area contributed by atoms with Crippen molar-refractivity contribution < 1.29 is 24.6 Å². The number of aromatic amines is 1. The third-order valence-electron chi connectivity index (χ3n) is 3.66. The fourth-order valence-electron chi connectivity index (χ4n) is 2.08. The number of aliphatic hydroxyl groups excluding tert-OH is 1. The van der Waals surface area contributed by atoms with Crippen molar-refractivity contribution in [1.29, 1.82) is 0 Å². The number of amides is 2. The number of aromatic nitrogens is 2. The molecule has 0 saturated heterocycles. The molecule has 0 spiro atoms. The number of aliphatic carboxylic acids is 1. The predicted molar refractivity (Wildman–Crippen MR) is 88.3 cm³/mol. The van der Waals surface area contributed by atoms with E-state index < -0.39 is 42.0 Å². The highest BCUT2D eigenvalue weighted by Crippen LogP contribution is 2.05. The predicted octanol–water partition coefficient (Wildman–Crippen LogP) is -1.63. The first-order valence-corrected chi connectivity index (χ1v) is 7.88. The van der Waals surface area contributed by atoms with E-state index in [2.05, 4.69) is 20.6 Å². The Kier molecular flexibility index (Phi) is 7.52. The molecule has 0 aliphatic carbocycles. The summed E-state index contributed by atoms with van der Waals surface area (Å²) < 4.78 is 0. The molecule has 0 aromatic carbocycles. The quantitative estimate of drug-likeness (QED) is 0.309. The molecule has 2 amide bonds. The van der Waals surface area contributed by atoms with Crippen LogP contribution < -0.4 is 16.4 Å². The minimum atomic E-state index is -1.21. The van der Waals surface area contributed by atoms with Gasteiger partial charge in [0, 0.05) is 18.3 Å². The van der Waals surface area contributed by atoms with Gasteiger partial charge in [0.05, 0.1) is 12.4 Å². The van der Waals surface area contributed by atoms with Crippen LogP contribution >= 0.6 is 0 Å². The van der Waals surface area contributed by atoms with E-state index in [-0.39, 0.29) is 12.3 Å². The summed E-state index contributed by atoms with van der Waals surface area (Å²) in [5, 5.41) is 23.5. The Morgan fingerprint density at radius 3 is 2.32 bits per heavy atom. The van der Waals surface area contributed by atoms with Gasteiger partial charge in [0.2, 0.25) is 11.8 Å². The Morgan fingerprint density at radius 1 is 1.24 bits per heavy atom. The number of nitrogens with two attached hydrogens (primary N) is 1. The fourth-order valence-corrected chi connectivity index (χ4v) is 2.08. The number of hydrogen-bond acceptors (Lipinski definition) is 6. The van der Waals surface area contributed by atoms with Gasteiger partial charge in [-0.15, -0.1) is 0 Å². The second-order valence-electron chi connectivity index (χ2n) is 6.18. The van der Waals surface area contributed by atoms with Crippen molar-refractivity contribution in [2.75, 3.05) is 0 Å². The van der Waals surface area contributed by atoms with Gasteiger partial charge in [-0.3, -0.25) is 9.59 Å². The van der Waals surface area contributed by atoms with Crippen molar-refractivity contribution in [3.05, 3.63) is 18.2 Å². The Bertz CT molecular complexity index is 587. The molecule has 7 N–H and O–H groups in total. The molecule has 4 atom stereocenters. The highest BCUT2D eigenvalue weighted by molar-refractivity contribution is 5.92. The van der Waals surface area contributed by atoms with E-state index in [0.29, 0.717) is 5.69 Å². The van der Waals surface area contributed by atoms with Crippen LogP contribution in [0.2, 0.25) is 0 Å². The summed E-state index contributed by atoms with van der Waals surface area (Å²) >= 11 is 0. The number of H-pyrrole nitrogens is 1. The molecule has 1 aromatic rings. The van der Waals surface area contributed by atoms with Crippen molar-refractivity contribution in [2.24, 2.45) is 11.7 Å². The first-order chi connectivity index (χ1) is 11.6. The first kappa shape index (κ1) is 20.6. The van der Waals surface area contributed by atoms with Gasteiger partial charge in [0.15, 0.2) is 0 Å². The van der Waals surface area contributed by atoms with Crippen LogP contribution in [-0.4, -0.2) is 62.2 Å². The van der Waals surface area contributed by atoms with Crippen molar-refractivity contribution in [1.82, 2.24) is 20.6 Å². The number of carbonyl (C=O) groups excluding carboxylic acids is 2. The van der Waals surface area contributed by atoms with Crippen LogP contribution in [0.15, 0.2) is 12.5 Å². The molecule has 0 radical (unpaired) electrons. The molecule has 140 valence electrons. The number of hydrogen-bond donors (Lipinski definition) is 6. The van der Waals surface area contributed by atoms with Crippen molar-refractivity contribution in [2.45, 2.75) is 51.4 Å². The molecule has 10 heteroatoms. The maximum atomic E-state index is 12.5. The van der Waals surface area contributed by atoms with Gasteiger partial charge in [-0.05, 0) is 12.8 Å². The van der Waals surface area contributed by atoms with Gasteiger partial charge in [-0.25, -0.2) is 9.78 Å². The lowest BCUT2D eigenvalue weighted by molar-refractivity contribution is -0.143. The van der Waals surface area contributed by atoms with Gasteiger partial charge in [-0.1, -0.05) is 13.8 Å². The Labute approximate surface area is 145 Å². The monoisotopic (exact) mass is 355 g/mol. The zero-order valence-electron chi connectivity index (χ0n) is 14.4. The summed E-state index contributed by atoms with van der Waals surface area (Å²) in [4.78, 5) is 42.5. The zero-order chi connectivity index (χ0) is 19.1. The third kappa shape index (κ3) is 6.16. The zero-order valence-corrected chi connectivity index (χ0v) is 14.4. The fraction of sp³-hybridized carbons (Fsp3) is 0.600. The van der Waals surface area contributed by atoms with E-state index in [1.54, 1.807) is 13.8 Å². The van der Waals surface area contributed by atoms with Crippen LogP contribution in [0.5, 0.6) is 0 Å². The maximum Gasteiger partial charge on any atom is 0.326 e. The lowest BCUT2D eigenvalue weighted by atomic mass is 10.0. The van der Waals surface area contributed by atoms with Crippen LogP contribution in [0.4, 0.5) is 0 Å². The summed E-state index contributed by atoms with van der Waals surface area (Å²) in [5.74, 6) is -2.90.